The average Bonchev–Trinajstić information content (AvgIpc) is 2.29. The van der Waals surface area contributed by atoms with Gasteiger partial charge < -0.3 is 15.5 Å². The molecule has 0 aliphatic rings. The maximum atomic E-state index is 13.0. The van der Waals surface area contributed by atoms with Gasteiger partial charge in [-0.3, -0.25) is 4.79 Å². The van der Waals surface area contributed by atoms with Crippen molar-refractivity contribution >= 4 is 17.5 Å². The molecule has 0 bridgehead atoms. The van der Waals surface area contributed by atoms with Gasteiger partial charge in [0.15, 0.2) is 0 Å². The zero-order chi connectivity index (χ0) is 12.1. The molecule has 1 aromatic carbocycles. The largest absolute Gasteiger partial charge is 0.394 e. The number of carbonyl (C=O) groups is 1. The fourth-order valence-electron chi connectivity index (χ4n) is 1.09. The van der Waals surface area contributed by atoms with E-state index in [1.807, 2.05) is 0 Å². The summed E-state index contributed by atoms with van der Waals surface area (Å²) >= 11 is 5.60. The Morgan fingerprint density at radius 2 is 2.06 bits per heavy atom. The monoisotopic (exact) mass is 247 g/mol. The van der Waals surface area contributed by atoms with Crippen LogP contribution in [0.2, 0.25) is 5.02 Å². The zero-order valence-electron chi connectivity index (χ0n) is 8.28. The summed E-state index contributed by atoms with van der Waals surface area (Å²) < 4.78 is 13.0. The summed E-state index contributed by atoms with van der Waals surface area (Å²) in [6, 6.07) is 3.05. The fraction of sp³-hybridized carbons (Fsp3) is 0.300. The molecule has 1 rings (SSSR count). The number of halogens is 2. The van der Waals surface area contributed by atoms with E-state index < -0.39 is 31.0 Å². The molecule has 0 saturated carbocycles. The van der Waals surface area contributed by atoms with E-state index in [0.29, 0.717) is 0 Å². The molecule has 16 heavy (non-hydrogen) atoms. The van der Waals surface area contributed by atoms with Gasteiger partial charge in [-0.15, -0.1) is 0 Å². The van der Waals surface area contributed by atoms with E-state index in [1.165, 1.54) is 12.1 Å². The van der Waals surface area contributed by atoms with Crippen molar-refractivity contribution in [3.8, 4) is 0 Å². The van der Waals surface area contributed by atoms with Crippen LogP contribution in [0.25, 0.3) is 0 Å². The number of hydrogen-bond acceptors (Lipinski definition) is 3. The van der Waals surface area contributed by atoms with E-state index in [0.717, 1.165) is 6.07 Å². The minimum atomic E-state index is -0.785. The van der Waals surface area contributed by atoms with Gasteiger partial charge in [-0.1, -0.05) is 17.7 Å². The average molecular weight is 248 g/mol. The number of carbonyl (C=O) groups excluding carboxylic acids is 1. The van der Waals surface area contributed by atoms with Crippen molar-refractivity contribution in [3.05, 3.63) is 34.6 Å². The lowest BCUT2D eigenvalue weighted by Gasteiger charge is -2.13. The summed E-state index contributed by atoms with van der Waals surface area (Å²) in [5.74, 6) is -1.34. The highest BCUT2D eigenvalue weighted by Crippen LogP contribution is 2.19. The van der Waals surface area contributed by atoms with Gasteiger partial charge in [-0.2, -0.15) is 0 Å². The smallest absolute Gasteiger partial charge is 0.253 e. The molecule has 0 saturated heterocycles. The molecular formula is C10H11ClFNO3. The molecule has 0 radical (unpaired) electrons. The Morgan fingerprint density at radius 1 is 1.44 bits per heavy atom. The molecule has 1 amide bonds. The van der Waals surface area contributed by atoms with Crippen molar-refractivity contribution in [1.82, 2.24) is 5.32 Å². The number of hydrogen-bond donors (Lipinski definition) is 3. The van der Waals surface area contributed by atoms with E-state index in [9.17, 15) is 9.18 Å². The molecule has 0 aliphatic carbocycles. The predicted octanol–water partition coefficient (Wildman–Crippen LogP) is 0.562. The maximum absolute atomic E-state index is 13.0. The number of aliphatic hydroxyl groups is 2. The third-order valence-corrected chi connectivity index (χ3v) is 2.36. The summed E-state index contributed by atoms with van der Waals surface area (Å²) in [5.41, 5.74) is -0.0337. The summed E-state index contributed by atoms with van der Waals surface area (Å²) in [6.45, 7) is -0.815. The Hall–Kier alpha value is -1.17. The van der Waals surface area contributed by atoms with Crippen molar-refractivity contribution in [2.24, 2.45) is 0 Å². The predicted molar refractivity (Wildman–Crippen MR) is 56.8 cm³/mol. The second kappa shape index (κ2) is 5.79. The van der Waals surface area contributed by atoms with Crippen LogP contribution < -0.4 is 5.32 Å². The van der Waals surface area contributed by atoms with E-state index >= 15 is 0 Å². The second-order valence-corrected chi connectivity index (χ2v) is 3.51. The van der Waals surface area contributed by atoms with Crippen LogP contribution in [0, 0.1) is 5.82 Å². The van der Waals surface area contributed by atoms with Crippen molar-refractivity contribution in [2.75, 3.05) is 13.2 Å². The third-order valence-electron chi connectivity index (χ3n) is 1.97. The van der Waals surface area contributed by atoms with Crippen LogP contribution in [-0.4, -0.2) is 35.4 Å². The molecular weight excluding hydrogens is 237 g/mol. The maximum Gasteiger partial charge on any atom is 0.253 e. The topological polar surface area (TPSA) is 69.6 Å². The van der Waals surface area contributed by atoms with Gasteiger partial charge in [-0.25, -0.2) is 4.39 Å². The van der Waals surface area contributed by atoms with Gasteiger partial charge in [0, 0.05) is 0 Å². The van der Waals surface area contributed by atoms with Crippen molar-refractivity contribution < 1.29 is 19.4 Å². The van der Waals surface area contributed by atoms with E-state index in [4.69, 9.17) is 21.8 Å². The molecule has 0 heterocycles. The molecule has 3 N–H and O–H groups in total. The molecule has 6 heteroatoms. The molecule has 88 valence electrons. The Balaban J connectivity index is 2.84. The minimum absolute atomic E-state index is 0.0337. The highest BCUT2D eigenvalue weighted by atomic mass is 35.5. The Morgan fingerprint density at radius 3 is 2.62 bits per heavy atom. The van der Waals surface area contributed by atoms with Crippen LogP contribution in [0.15, 0.2) is 18.2 Å². The second-order valence-electron chi connectivity index (χ2n) is 3.14. The van der Waals surface area contributed by atoms with Gasteiger partial charge >= 0.3 is 0 Å². The first kappa shape index (κ1) is 12.9. The quantitative estimate of drug-likeness (QED) is 0.728. The SMILES string of the molecule is O=C(NC(CO)CO)c1cccc(F)c1Cl. The molecule has 4 nitrogen and oxygen atoms in total. The first-order valence-corrected chi connectivity index (χ1v) is 4.94. The van der Waals surface area contributed by atoms with E-state index in [2.05, 4.69) is 5.32 Å². The Bertz CT molecular complexity index is 382. The van der Waals surface area contributed by atoms with Crippen molar-refractivity contribution in [2.45, 2.75) is 6.04 Å². The normalized spacial score (nSPS) is 10.6. The van der Waals surface area contributed by atoms with Gasteiger partial charge in [0.2, 0.25) is 0 Å². The van der Waals surface area contributed by atoms with Gasteiger partial charge in [-0.05, 0) is 12.1 Å². The molecule has 0 aliphatic heterocycles. The lowest BCUT2D eigenvalue weighted by molar-refractivity contribution is 0.0879. The molecule has 0 unspecified atom stereocenters. The van der Waals surface area contributed by atoms with Crippen LogP contribution in [0.4, 0.5) is 4.39 Å². The Labute approximate surface area is 96.7 Å². The molecule has 0 atom stereocenters. The highest BCUT2D eigenvalue weighted by molar-refractivity contribution is 6.34. The summed E-state index contributed by atoms with van der Waals surface area (Å²) in [5, 5.41) is 19.6. The third kappa shape index (κ3) is 2.91. The van der Waals surface area contributed by atoms with Crippen molar-refractivity contribution in [1.29, 1.82) is 0 Å². The molecule has 1 aromatic rings. The van der Waals surface area contributed by atoms with Crippen LogP contribution in [0.5, 0.6) is 0 Å². The number of aliphatic hydroxyl groups excluding tert-OH is 2. The minimum Gasteiger partial charge on any atom is -0.394 e. The molecule has 0 fully saturated rings. The lowest BCUT2D eigenvalue weighted by Crippen LogP contribution is -2.40. The van der Waals surface area contributed by atoms with Crippen LogP contribution in [0.1, 0.15) is 10.4 Å². The lowest BCUT2D eigenvalue weighted by atomic mass is 10.2. The van der Waals surface area contributed by atoms with Gasteiger partial charge in [0.1, 0.15) is 5.82 Å². The van der Waals surface area contributed by atoms with Gasteiger partial charge in [0.25, 0.3) is 5.91 Å². The van der Waals surface area contributed by atoms with Crippen LogP contribution in [-0.2, 0) is 0 Å². The summed E-state index contributed by atoms with van der Waals surface area (Å²) in [6.07, 6.45) is 0. The Kier molecular flexibility index (Phi) is 4.67. The summed E-state index contributed by atoms with van der Waals surface area (Å²) in [7, 11) is 0. The summed E-state index contributed by atoms with van der Waals surface area (Å²) in [4.78, 5) is 11.6. The van der Waals surface area contributed by atoms with Crippen molar-refractivity contribution in [3.63, 3.8) is 0 Å². The zero-order valence-corrected chi connectivity index (χ0v) is 9.04. The molecule has 0 aromatic heterocycles. The first-order chi connectivity index (χ1) is 7.60. The number of amides is 1. The molecule has 0 spiro atoms. The van der Waals surface area contributed by atoms with Gasteiger partial charge in [0.05, 0.1) is 29.8 Å². The number of nitrogens with one attached hydrogen (secondary N) is 1. The highest BCUT2D eigenvalue weighted by Gasteiger charge is 2.16. The standard InChI is InChI=1S/C10H11ClFNO3/c11-9-7(2-1-3-8(9)12)10(16)13-6(4-14)5-15/h1-3,6,14-15H,4-5H2,(H,13,16). The van der Waals surface area contributed by atoms with E-state index in [1.54, 1.807) is 0 Å². The van der Waals surface area contributed by atoms with Crippen LogP contribution in [0.3, 0.4) is 0 Å². The fourth-order valence-corrected chi connectivity index (χ4v) is 1.30. The number of benzene rings is 1. The first-order valence-electron chi connectivity index (χ1n) is 4.56. The van der Waals surface area contributed by atoms with E-state index in [-0.39, 0.29) is 10.6 Å². The number of rotatable bonds is 4. The van der Waals surface area contributed by atoms with Crippen LogP contribution >= 0.6 is 11.6 Å².